The highest BCUT2D eigenvalue weighted by Gasteiger charge is 2.26. The van der Waals surface area contributed by atoms with E-state index in [-0.39, 0.29) is 5.88 Å². The van der Waals surface area contributed by atoms with Crippen molar-refractivity contribution in [2.45, 2.75) is 12.6 Å². The van der Waals surface area contributed by atoms with Gasteiger partial charge in [-0.25, -0.2) is 4.98 Å². The van der Waals surface area contributed by atoms with Crippen molar-refractivity contribution in [3.63, 3.8) is 0 Å². The highest BCUT2D eigenvalue weighted by Crippen LogP contribution is 2.20. The van der Waals surface area contributed by atoms with Crippen LogP contribution in [0.5, 0.6) is 5.88 Å². The highest BCUT2D eigenvalue weighted by atomic mass is 79.9. The maximum atomic E-state index is 11.7. The van der Waals surface area contributed by atoms with Gasteiger partial charge in [0.1, 0.15) is 4.60 Å². The summed E-state index contributed by atoms with van der Waals surface area (Å²) in [6.45, 7) is -0.410. The summed E-state index contributed by atoms with van der Waals surface area (Å²) in [7, 11) is 0. The Morgan fingerprint density at radius 2 is 2.07 bits per heavy atom. The second kappa shape index (κ2) is 4.63. The van der Waals surface area contributed by atoms with Gasteiger partial charge in [0.05, 0.1) is 13.0 Å². The maximum Gasteiger partial charge on any atom is 0.392 e. The SMILES string of the molecule is FC(F)(F)CCOc1cccc(Br)n1. The van der Waals surface area contributed by atoms with Crippen molar-refractivity contribution in [1.82, 2.24) is 4.98 Å². The summed E-state index contributed by atoms with van der Waals surface area (Å²) >= 11 is 3.08. The summed E-state index contributed by atoms with van der Waals surface area (Å²) in [5, 5.41) is 0. The number of rotatable bonds is 3. The molecular formula is C8H7BrF3NO. The van der Waals surface area contributed by atoms with Gasteiger partial charge in [0.25, 0.3) is 0 Å². The number of pyridine rings is 1. The van der Waals surface area contributed by atoms with E-state index >= 15 is 0 Å². The lowest BCUT2D eigenvalue weighted by molar-refractivity contribution is -0.139. The summed E-state index contributed by atoms with van der Waals surface area (Å²) in [5.74, 6) is 0.184. The molecule has 6 heteroatoms. The topological polar surface area (TPSA) is 22.1 Å². The first-order valence-corrected chi connectivity index (χ1v) is 4.59. The third-order valence-corrected chi connectivity index (χ3v) is 1.77. The number of hydrogen-bond donors (Lipinski definition) is 0. The first-order chi connectivity index (χ1) is 6.47. The third kappa shape index (κ3) is 4.45. The van der Waals surface area contributed by atoms with Crippen LogP contribution in [0, 0.1) is 0 Å². The number of ether oxygens (including phenoxy) is 1. The van der Waals surface area contributed by atoms with Crippen molar-refractivity contribution >= 4 is 15.9 Å². The summed E-state index contributed by atoms with van der Waals surface area (Å²) in [4.78, 5) is 3.82. The van der Waals surface area contributed by atoms with Crippen LogP contribution < -0.4 is 4.74 Å². The summed E-state index contributed by atoms with van der Waals surface area (Å²) in [6, 6.07) is 4.80. The Morgan fingerprint density at radius 3 is 2.64 bits per heavy atom. The van der Waals surface area contributed by atoms with Gasteiger partial charge in [-0.3, -0.25) is 0 Å². The number of alkyl halides is 3. The molecule has 0 saturated heterocycles. The van der Waals surface area contributed by atoms with Crippen LogP contribution in [0.15, 0.2) is 22.8 Å². The van der Waals surface area contributed by atoms with Gasteiger partial charge < -0.3 is 4.74 Å². The number of nitrogens with zero attached hydrogens (tertiary/aromatic N) is 1. The molecule has 2 nitrogen and oxygen atoms in total. The van der Waals surface area contributed by atoms with E-state index in [4.69, 9.17) is 4.74 Å². The largest absolute Gasteiger partial charge is 0.477 e. The molecule has 0 unspecified atom stereocenters. The highest BCUT2D eigenvalue weighted by molar-refractivity contribution is 9.10. The minimum absolute atomic E-state index is 0.184. The second-order valence-corrected chi connectivity index (χ2v) is 3.32. The first kappa shape index (κ1) is 11.3. The van der Waals surface area contributed by atoms with E-state index in [0.717, 1.165) is 0 Å². The lowest BCUT2D eigenvalue weighted by Gasteiger charge is -2.07. The fourth-order valence-electron chi connectivity index (χ4n) is 0.741. The van der Waals surface area contributed by atoms with Crippen molar-refractivity contribution in [3.8, 4) is 5.88 Å². The Bertz CT molecular complexity index is 303. The van der Waals surface area contributed by atoms with E-state index in [2.05, 4.69) is 20.9 Å². The quantitative estimate of drug-likeness (QED) is 0.787. The molecule has 0 radical (unpaired) electrons. The van der Waals surface area contributed by atoms with E-state index in [1.54, 1.807) is 12.1 Å². The number of halogens is 4. The number of aromatic nitrogens is 1. The molecule has 0 amide bonds. The molecule has 1 heterocycles. The molecule has 0 aliphatic rings. The maximum absolute atomic E-state index is 11.7. The standard InChI is InChI=1S/C8H7BrF3NO/c9-6-2-1-3-7(13-6)14-5-4-8(10,11)12/h1-3H,4-5H2. The van der Waals surface area contributed by atoms with Crippen LogP contribution in [0.1, 0.15) is 6.42 Å². The Hall–Kier alpha value is -0.780. The van der Waals surface area contributed by atoms with Crippen LogP contribution in [0.2, 0.25) is 0 Å². The zero-order valence-electron chi connectivity index (χ0n) is 7.01. The van der Waals surface area contributed by atoms with E-state index in [1.165, 1.54) is 6.07 Å². The Labute approximate surface area is 87.2 Å². The molecule has 1 aromatic heterocycles. The molecule has 0 N–H and O–H groups in total. The van der Waals surface area contributed by atoms with Crippen LogP contribution in [-0.4, -0.2) is 17.8 Å². The van der Waals surface area contributed by atoms with Gasteiger partial charge in [0.15, 0.2) is 0 Å². The van der Waals surface area contributed by atoms with Crippen LogP contribution in [0.3, 0.4) is 0 Å². The zero-order valence-corrected chi connectivity index (χ0v) is 8.60. The van der Waals surface area contributed by atoms with Gasteiger partial charge in [-0.1, -0.05) is 6.07 Å². The van der Waals surface area contributed by atoms with Gasteiger partial charge >= 0.3 is 6.18 Å². The summed E-state index contributed by atoms with van der Waals surface area (Å²) < 4.78 is 40.5. The molecule has 0 spiro atoms. The zero-order chi connectivity index (χ0) is 10.6. The lowest BCUT2D eigenvalue weighted by atomic mass is 10.4. The molecule has 0 atom stereocenters. The normalized spacial score (nSPS) is 11.4. The molecule has 1 aromatic rings. The van der Waals surface area contributed by atoms with Gasteiger partial charge in [0.2, 0.25) is 5.88 Å². The Kier molecular flexibility index (Phi) is 3.74. The predicted molar refractivity (Wildman–Crippen MR) is 48.1 cm³/mol. The average molecular weight is 270 g/mol. The van der Waals surface area contributed by atoms with E-state index in [1.807, 2.05) is 0 Å². The Morgan fingerprint density at radius 1 is 1.36 bits per heavy atom. The monoisotopic (exact) mass is 269 g/mol. The first-order valence-electron chi connectivity index (χ1n) is 3.79. The molecule has 14 heavy (non-hydrogen) atoms. The fraction of sp³-hybridized carbons (Fsp3) is 0.375. The van der Waals surface area contributed by atoms with Crippen molar-refractivity contribution in [2.24, 2.45) is 0 Å². The van der Waals surface area contributed by atoms with Crippen molar-refractivity contribution in [3.05, 3.63) is 22.8 Å². The lowest BCUT2D eigenvalue weighted by Crippen LogP contribution is -2.13. The summed E-state index contributed by atoms with van der Waals surface area (Å²) in [5.41, 5.74) is 0. The fourth-order valence-corrected chi connectivity index (χ4v) is 1.07. The van der Waals surface area contributed by atoms with Gasteiger partial charge in [-0.2, -0.15) is 13.2 Å². The molecular weight excluding hydrogens is 263 g/mol. The molecule has 0 aliphatic heterocycles. The second-order valence-electron chi connectivity index (χ2n) is 2.51. The average Bonchev–Trinajstić information content (AvgIpc) is 2.01. The van der Waals surface area contributed by atoms with Crippen LogP contribution in [0.4, 0.5) is 13.2 Å². The minimum Gasteiger partial charge on any atom is -0.477 e. The van der Waals surface area contributed by atoms with Gasteiger partial charge in [-0.15, -0.1) is 0 Å². The van der Waals surface area contributed by atoms with Gasteiger partial charge in [-0.05, 0) is 22.0 Å². The molecule has 0 aliphatic carbocycles. The smallest absolute Gasteiger partial charge is 0.392 e. The molecule has 0 fully saturated rings. The van der Waals surface area contributed by atoms with Crippen LogP contribution in [-0.2, 0) is 0 Å². The van der Waals surface area contributed by atoms with Crippen molar-refractivity contribution < 1.29 is 17.9 Å². The van der Waals surface area contributed by atoms with Crippen molar-refractivity contribution in [1.29, 1.82) is 0 Å². The third-order valence-electron chi connectivity index (χ3n) is 1.33. The minimum atomic E-state index is -4.19. The molecule has 0 bridgehead atoms. The number of hydrogen-bond acceptors (Lipinski definition) is 2. The molecule has 78 valence electrons. The molecule has 0 saturated carbocycles. The van der Waals surface area contributed by atoms with E-state index < -0.39 is 19.2 Å². The van der Waals surface area contributed by atoms with Crippen LogP contribution in [0.25, 0.3) is 0 Å². The van der Waals surface area contributed by atoms with E-state index in [9.17, 15) is 13.2 Å². The van der Waals surface area contributed by atoms with Crippen LogP contribution >= 0.6 is 15.9 Å². The van der Waals surface area contributed by atoms with Gasteiger partial charge in [0, 0.05) is 6.07 Å². The molecule has 0 aromatic carbocycles. The Balaban J connectivity index is 2.39. The van der Waals surface area contributed by atoms with Crippen molar-refractivity contribution in [2.75, 3.05) is 6.61 Å². The molecule has 1 rings (SSSR count). The predicted octanol–water partition coefficient (Wildman–Crippen LogP) is 3.18. The summed E-state index contributed by atoms with van der Waals surface area (Å²) in [6.07, 6.45) is -5.16. The van der Waals surface area contributed by atoms with E-state index in [0.29, 0.717) is 4.60 Å².